The van der Waals surface area contributed by atoms with Gasteiger partial charge in [0.1, 0.15) is 0 Å². The third-order valence-corrected chi connectivity index (χ3v) is 11.2. The Labute approximate surface area is 318 Å². The van der Waals surface area contributed by atoms with Crippen LogP contribution in [-0.4, -0.2) is 3.21 Å². The summed E-state index contributed by atoms with van der Waals surface area (Å²) < 4.78 is 1.42. The van der Waals surface area contributed by atoms with E-state index < -0.39 is 0 Å². The molecule has 250 valence electrons. The Morgan fingerprint density at radius 1 is 0.812 bits per heavy atom. The number of hydrogen-bond donors (Lipinski definition) is 0. The van der Waals surface area contributed by atoms with Gasteiger partial charge >= 0.3 is 99.2 Å². The van der Waals surface area contributed by atoms with E-state index in [1.165, 1.54) is 96.1 Å². The molecule has 3 aliphatic carbocycles. The fourth-order valence-corrected chi connectivity index (χ4v) is 8.15. The van der Waals surface area contributed by atoms with Gasteiger partial charge in [-0.1, -0.05) is 127 Å². The summed E-state index contributed by atoms with van der Waals surface area (Å²) in [5.74, 6) is 0. The molecule has 0 spiro atoms. The van der Waals surface area contributed by atoms with E-state index in [2.05, 4.69) is 165 Å². The number of fused-ring (bicyclic) bond motifs is 2. The quantitative estimate of drug-likeness (QED) is 0.315. The van der Waals surface area contributed by atoms with E-state index in [-0.39, 0.29) is 41.1 Å². The summed E-state index contributed by atoms with van der Waals surface area (Å²) >= 11 is 1.46. The van der Waals surface area contributed by atoms with Crippen LogP contribution in [0.1, 0.15) is 104 Å². The second kappa shape index (κ2) is 16.6. The van der Waals surface area contributed by atoms with Gasteiger partial charge in [-0.05, 0) is 35.5 Å². The van der Waals surface area contributed by atoms with E-state index in [0.29, 0.717) is 0 Å². The van der Waals surface area contributed by atoms with Crippen LogP contribution in [0.15, 0.2) is 125 Å². The molecule has 1 atom stereocenters. The average molecular weight is 754 g/mol. The number of halogens is 2. The minimum absolute atomic E-state index is 0. The van der Waals surface area contributed by atoms with Gasteiger partial charge in [-0.3, -0.25) is 0 Å². The SMILES string of the molecule is CCCC1=CC(CCC)(C(C)(C)C)C(C2=CC=CC2)=C2[C-]=c3cc(C(C)(C)C)ccc3=C12.[Cl-].[Cl-].[Zr+2]=[C](c1ccccc1)c1ccccc1. The van der Waals surface area contributed by atoms with Crippen molar-refractivity contribution < 1.29 is 49.0 Å². The summed E-state index contributed by atoms with van der Waals surface area (Å²) in [4.78, 5) is 0. The Morgan fingerprint density at radius 2 is 1.42 bits per heavy atom. The molecule has 0 aliphatic heterocycles. The molecular formula is C45H51Cl2Zr-. The zero-order valence-corrected chi connectivity index (χ0v) is 34.1. The van der Waals surface area contributed by atoms with Gasteiger partial charge in [-0.2, -0.15) is 0 Å². The molecule has 0 amide bonds. The van der Waals surface area contributed by atoms with Crippen LogP contribution in [-0.2, 0) is 29.7 Å². The van der Waals surface area contributed by atoms with E-state index in [0.717, 1.165) is 12.8 Å². The summed E-state index contributed by atoms with van der Waals surface area (Å²) in [6.07, 6.45) is 19.3. The van der Waals surface area contributed by atoms with E-state index >= 15 is 0 Å². The Kier molecular flexibility index (Phi) is 13.9. The molecule has 6 rings (SSSR count). The molecule has 0 bridgehead atoms. The van der Waals surface area contributed by atoms with Gasteiger partial charge in [-0.15, -0.1) is 33.7 Å². The first-order chi connectivity index (χ1) is 21.9. The third kappa shape index (κ3) is 8.18. The van der Waals surface area contributed by atoms with E-state index in [4.69, 9.17) is 0 Å². The van der Waals surface area contributed by atoms with Crippen LogP contribution in [0, 0.1) is 10.8 Å². The summed E-state index contributed by atoms with van der Waals surface area (Å²) in [5, 5.41) is 2.67. The number of allylic oxidation sites excluding steroid dienone is 8. The summed E-state index contributed by atoms with van der Waals surface area (Å²) in [6, 6.07) is 28.2. The average Bonchev–Trinajstić information content (AvgIpc) is 3.69. The van der Waals surface area contributed by atoms with Gasteiger partial charge in [-0.25, -0.2) is 0 Å². The van der Waals surface area contributed by atoms with Crippen LogP contribution in [0.5, 0.6) is 0 Å². The predicted octanol–water partition coefficient (Wildman–Crippen LogP) is 4.37. The van der Waals surface area contributed by atoms with Crippen molar-refractivity contribution >= 4 is 14.9 Å². The second-order valence-corrected chi connectivity index (χ2v) is 16.3. The molecule has 0 heterocycles. The fraction of sp³-hybridized carbons (Fsp3) is 0.356. The van der Waals surface area contributed by atoms with Crippen molar-refractivity contribution in [2.24, 2.45) is 10.8 Å². The van der Waals surface area contributed by atoms with Gasteiger partial charge in [0, 0.05) is 0 Å². The van der Waals surface area contributed by atoms with Crippen LogP contribution in [0.2, 0.25) is 0 Å². The topological polar surface area (TPSA) is 0 Å². The number of hydrogen-bond acceptors (Lipinski definition) is 0. The van der Waals surface area contributed by atoms with Crippen molar-refractivity contribution in [1.82, 2.24) is 0 Å². The maximum absolute atomic E-state index is 3.98. The number of rotatable bonds is 7. The Balaban J connectivity index is 0.000000329. The van der Waals surface area contributed by atoms with E-state index in [1.807, 2.05) is 0 Å². The van der Waals surface area contributed by atoms with Crippen molar-refractivity contribution in [3.8, 4) is 0 Å². The van der Waals surface area contributed by atoms with E-state index in [1.54, 1.807) is 5.57 Å². The zero-order chi connectivity index (χ0) is 33.1. The molecule has 0 fully saturated rings. The van der Waals surface area contributed by atoms with Gasteiger partial charge < -0.3 is 24.8 Å². The minimum atomic E-state index is 0. The zero-order valence-electron chi connectivity index (χ0n) is 30.1. The molecule has 1 unspecified atom stereocenters. The van der Waals surface area contributed by atoms with Crippen molar-refractivity contribution in [3.63, 3.8) is 0 Å². The van der Waals surface area contributed by atoms with Gasteiger partial charge in [0.15, 0.2) is 0 Å². The molecule has 3 aromatic carbocycles. The van der Waals surface area contributed by atoms with Crippen LogP contribution in [0.4, 0.5) is 0 Å². The normalized spacial score (nSPS) is 17.9. The van der Waals surface area contributed by atoms with Gasteiger partial charge in [0.2, 0.25) is 0 Å². The third-order valence-electron chi connectivity index (χ3n) is 9.82. The first-order valence-corrected chi connectivity index (χ1v) is 18.5. The monoisotopic (exact) mass is 751 g/mol. The molecule has 0 N–H and O–H groups in total. The molecule has 3 heteroatoms. The maximum atomic E-state index is 3.98. The van der Waals surface area contributed by atoms with Crippen LogP contribution in [0.25, 0.3) is 11.6 Å². The van der Waals surface area contributed by atoms with Crippen LogP contribution < -0.4 is 35.3 Å². The molecule has 0 saturated carbocycles. The van der Waals surface area contributed by atoms with Crippen molar-refractivity contribution in [2.75, 3.05) is 0 Å². The summed E-state index contributed by atoms with van der Waals surface area (Å²) in [6.45, 7) is 18.9. The number of benzene rings is 3. The first-order valence-electron chi connectivity index (χ1n) is 17.2. The molecule has 3 aromatic rings. The Bertz CT molecular complexity index is 1800. The summed E-state index contributed by atoms with van der Waals surface area (Å²) in [7, 11) is 0. The standard InChI is InChI=1S/C32H41.C13H10.2ClH.Zr/c1-9-13-23-21-32(18-10-2,31(6,7)8)29(22-14-11-12-15-22)27-20-24-19-25(30(3,4)5)16-17-26(24)28(23)27;1-3-7-12(8-4-1)11-13-9-5-2-6-10-13;;;/h11-12,14,16-17,19,21H,9-10,13,15,18H2,1-8H3;1-10H;2*1H;/q-1;;;;+2/p-2. The molecule has 0 radical (unpaired) electrons. The van der Waals surface area contributed by atoms with Crippen molar-refractivity contribution in [2.45, 2.75) is 92.9 Å². The molecule has 3 aliphatic rings. The molecule has 0 aromatic heterocycles. The Morgan fingerprint density at radius 3 is 1.90 bits per heavy atom. The summed E-state index contributed by atoms with van der Waals surface area (Å²) in [5.41, 5.74) is 11.8. The van der Waals surface area contributed by atoms with E-state index in [9.17, 15) is 0 Å². The van der Waals surface area contributed by atoms with Crippen LogP contribution >= 0.6 is 0 Å². The van der Waals surface area contributed by atoms with Crippen molar-refractivity contribution in [1.29, 1.82) is 0 Å². The van der Waals surface area contributed by atoms with Gasteiger partial charge in [0.05, 0.1) is 0 Å². The first kappa shape index (κ1) is 40.1. The van der Waals surface area contributed by atoms with Gasteiger partial charge in [0.25, 0.3) is 0 Å². The fourth-order valence-electron chi connectivity index (χ4n) is 7.33. The predicted molar refractivity (Wildman–Crippen MR) is 196 cm³/mol. The molecule has 48 heavy (non-hydrogen) atoms. The molecular weight excluding hydrogens is 703 g/mol. The molecule has 0 saturated heterocycles. The van der Waals surface area contributed by atoms with Crippen molar-refractivity contribution in [3.05, 3.63) is 153 Å². The Hall–Kier alpha value is -2.31. The van der Waals surface area contributed by atoms with Crippen LogP contribution in [0.3, 0.4) is 0 Å². The second-order valence-electron chi connectivity index (χ2n) is 15.1. The molecule has 0 nitrogen and oxygen atoms in total.